The molecule has 0 N–H and O–H groups in total. The fourth-order valence-corrected chi connectivity index (χ4v) is 3.67. The van der Waals surface area contributed by atoms with Gasteiger partial charge in [0.1, 0.15) is 7.85 Å². The standard InChI is InChI=1S/C17H27B/c1-13-6-7-15-8-9-16(18)14(2)5-4-11-17(15,3)12-10-13/h6,15H,4-5,7-12H2,1-3H3/b16-14-. The van der Waals surface area contributed by atoms with Crippen molar-refractivity contribution in [3.05, 3.63) is 22.7 Å². The molecule has 2 rings (SSSR count). The molecule has 2 aliphatic carbocycles. The van der Waals surface area contributed by atoms with Gasteiger partial charge >= 0.3 is 0 Å². The van der Waals surface area contributed by atoms with Crippen molar-refractivity contribution >= 4 is 7.85 Å². The van der Waals surface area contributed by atoms with Crippen molar-refractivity contribution < 1.29 is 0 Å². The summed E-state index contributed by atoms with van der Waals surface area (Å²) in [6.45, 7) is 7.05. The van der Waals surface area contributed by atoms with Crippen molar-refractivity contribution in [3.63, 3.8) is 0 Å². The Morgan fingerprint density at radius 3 is 2.72 bits per heavy atom. The van der Waals surface area contributed by atoms with Crippen molar-refractivity contribution in [1.29, 1.82) is 0 Å². The average Bonchev–Trinajstić information content (AvgIpc) is 2.44. The molecule has 1 heteroatoms. The Bertz CT molecular complexity index is 364. The van der Waals surface area contributed by atoms with Crippen LogP contribution < -0.4 is 0 Å². The maximum Gasteiger partial charge on any atom is 0.107 e. The van der Waals surface area contributed by atoms with E-state index < -0.39 is 0 Å². The second-order valence-corrected chi connectivity index (χ2v) is 6.83. The van der Waals surface area contributed by atoms with Crippen molar-refractivity contribution in [2.24, 2.45) is 11.3 Å². The van der Waals surface area contributed by atoms with Gasteiger partial charge in [0, 0.05) is 0 Å². The fraction of sp³-hybridized carbons (Fsp3) is 0.765. The highest BCUT2D eigenvalue weighted by molar-refractivity contribution is 6.21. The van der Waals surface area contributed by atoms with Crippen molar-refractivity contribution in [1.82, 2.24) is 0 Å². The van der Waals surface area contributed by atoms with Crippen LogP contribution in [-0.2, 0) is 0 Å². The number of allylic oxidation sites excluding steroid dienone is 4. The van der Waals surface area contributed by atoms with Crippen LogP contribution in [0.1, 0.15) is 72.1 Å². The number of hydrogen-bond donors (Lipinski definition) is 0. The van der Waals surface area contributed by atoms with E-state index in [0.29, 0.717) is 5.41 Å². The quantitative estimate of drug-likeness (QED) is 0.407. The van der Waals surface area contributed by atoms with Crippen LogP contribution in [-0.4, -0.2) is 7.85 Å². The second kappa shape index (κ2) is 5.67. The summed E-state index contributed by atoms with van der Waals surface area (Å²) in [4.78, 5) is 0. The molecule has 0 saturated heterocycles. The van der Waals surface area contributed by atoms with Crippen LogP contribution in [0.5, 0.6) is 0 Å². The smallest absolute Gasteiger partial charge is 0.107 e. The SMILES string of the molecule is [B]/C1=C(/C)CCCC2(C)CCC(C)=CCC2CC1. The number of fused-ring (bicyclic) bond motifs is 1. The van der Waals surface area contributed by atoms with E-state index in [1.54, 1.807) is 5.57 Å². The molecule has 0 aliphatic heterocycles. The Morgan fingerprint density at radius 2 is 1.94 bits per heavy atom. The van der Waals surface area contributed by atoms with Gasteiger partial charge in [0.15, 0.2) is 0 Å². The lowest BCUT2D eigenvalue weighted by molar-refractivity contribution is 0.148. The lowest BCUT2D eigenvalue weighted by atomic mass is 9.68. The van der Waals surface area contributed by atoms with Gasteiger partial charge in [-0.05, 0) is 76.5 Å². The largest absolute Gasteiger partial charge is 0.119 e. The molecule has 98 valence electrons. The molecule has 0 heterocycles. The zero-order chi connectivity index (χ0) is 13.2. The van der Waals surface area contributed by atoms with Gasteiger partial charge in [0.25, 0.3) is 0 Å². The normalized spacial score (nSPS) is 38.8. The van der Waals surface area contributed by atoms with Gasteiger partial charge < -0.3 is 0 Å². The van der Waals surface area contributed by atoms with E-state index in [0.717, 1.165) is 12.3 Å². The number of hydrogen-bond acceptors (Lipinski definition) is 0. The van der Waals surface area contributed by atoms with Crippen LogP contribution in [0.15, 0.2) is 22.7 Å². The zero-order valence-corrected chi connectivity index (χ0v) is 12.4. The van der Waals surface area contributed by atoms with Crippen molar-refractivity contribution in [3.8, 4) is 0 Å². The summed E-state index contributed by atoms with van der Waals surface area (Å²) in [7, 11) is 6.21. The minimum Gasteiger partial charge on any atom is -0.119 e. The highest BCUT2D eigenvalue weighted by Crippen LogP contribution is 2.46. The highest BCUT2D eigenvalue weighted by atomic mass is 14.4. The third kappa shape index (κ3) is 3.10. The van der Waals surface area contributed by atoms with Gasteiger partial charge in [-0.25, -0.2) is 0 Å². The first-order valence-electron chi connectivity index (χ1n) is 7.61. The lowest BCUT2D eigenvalue weighted by Gasteiger charge is -2.36. The van der Waals surface area contributed by atoms with Crippen LogP contribution in [0, 0.1) is 11.3 Å². The molecule has 0 saturated carbocycles. The van der Waals surface area contributed by atoms with Crippen molar-refractivity contribution in [2.75, 3.05) is 0 Å². The van der Waals surface area contributed by atoms with Gasteiger partial charge in [0.05, 0.1) is 0 Å². The average molecular weight is 242 g/mol. The van der Waals surface area contributed by atoms with E-state index in [2.05, 4.69) is 26.8 Å². The van der Waals surface area contributed by atoms with Crippen LogP contribution in [0.2, 0.25) is 0 Å². The van der Waals surface area contributed by atoms with E-state index >= 15 is 0 Å². The summed E-state index contributed by atoms with van der Waals surface area (Å²) in [6, 6.07) is 0. The van der Waals surface area contributed by atoms with E-state index in [4.69, 9.17) is 7.85 Å². The second-order valence-electron chi connectivity index (χ2n) is 6.83. The Balaban J connectivity index is 2.17. The topological polar surface area (TPSA) is 0 Å². The highest BCUT2D eigenvalue weighted by Gasteiger charge is 2.34. The predicted molar refractivity (Wildman–Crippen MR) is 80.7 cm³/mol. The van der Waals surface area contributed by atoms with Crippen LogP contribution in [0.3, 0.4) is 0 Å². The van der Waals surface area contributed by atoms with Crippen LogP contribution in [0.25, 0.3) is 0 Å². The van der Waals surface area contributed by atoms with Crippen LogP contribution >= 0.6 is 0 Å². The van der Waals surface area contributed by atoms with Gasteiger partial charge in [-0.15, -0.1) is 5.47 Å². The fourth-order valence-electron chi connectivity index (χ4n) is 3.67. The first-order chi connectivity index (χ1) is 8.51. The molecule has 0 aromatic heterocycles. The molecular weight excluding hydrogens is 215 g/mol. The molecular formula is C17H27B. The molecule has 0 aromatic carbocycles. The van der Waals surface area contributed by atoms with E-state index in [1.807, 2.05) is 0 Å². The van der Waals surface area contributed by atoms with Gasteiger partial charge in [-0.3, -0.25) is 0 Å². The lowest BCUT2D eigenvalue weighted by Crippen LogP contribution is -2.26. The summed E-state index contributed by atoms with van der Waals surface area (Å²) < 4.78 is 0. The zero-order valence-electron chi connectivity index (χ0n) is 12.4. The van der Waals surface area contributed by atoms with Crippen LogP contribution in [0.4, 0.5) is 0 Å². The number of rotatable bonds is 0. The monoisotopic (exact) mass is 242 g/mol. The minimum absolute atomic E-state index is 0.541. The Hall–Kier alpha value is -0.455. The molecule has 0 spiro atoms. The summed E-state index contributed by atoms with van der Waals surface area (Å²) in [5, 5.41) is 0. The summed E-state index contributed by atoms with van der Waals surface area (Å²) in [6.07, 6.45) is 12.7. The molecule has 0 bridgehead atoms. The molecule has 2 atom stereocenters. The van der Waals surface area contributed by atoms with E-state index in [-0.39, 0.29) is 0 Å². The Labute approximate surface area is 114 Å². The first kappa shape index (κ1) is 14.0. The molecule has 0 aromatic rings. The summed E-state index contributed by atoms with van der Waals surface area (Å²) in [5.74, 6) is 0.833. The van der Waals surface area contributed by atoms with Gasteiger partial charge in [-0.1, -0.05) is 24.1 Å². The van der Waals surface area contributed by atoms with Gasteiger partial charge in [0.2, 0.25) is 0 Å². The molecule has 0 amide bonds. The van der Waals surface area contributed by atoms with E-state index in [9.17, 15) is 0 Å². The molecule has 2 radical (unpaired) electrons. The van der Waals surface area contributed by atoms with Crippen molar-refractivity contribution in [2.45, 2.75) is 72.1 Å². The molecule has 18 heavy (non-hydrogen) atoms. The third-order valence-corrected chi connectivity index (χ3v) is 5.44. The Morgan fingerprint density at radius 1 is 1.17 bits per heavy atom. The molecule has 2 unspecified atom stereocenters. The maximum atomic E-state index is 6.21. The molecule has 0 nitrogen and oxygen atoms in total. The third-order valence-electron chi connectivity index (χ3n) is 5.44. The Kier molecular flexibility index (Phi) is 4.40. The van der Waals surface area contributed by atoms with E-state index in [1.165, 1.54) is 56.0 Å². The molecule has 0 fully saturated rings. The first-order valence-corrected chi connectivity index (χ1v) is 7.61. The minimum atomic E-state index is 0.541. The predicted octanol–water partition coefficient (Wildman–Crippen LogP) is 5.15. The summed E-state index contributed by atoms with van der Waals surface area (Å²) >= 11 is 0. The molecule has 2 aliphatic rings. The maximum absolute atomic E-state index is 6.21. The van der Waals surface area contributed by atoms with Gasteiger partial charge in [-0.2, -0.15) is 0 Å². The summed E-state index contributed by atoms with van der Waals surface area (Å²) in [5.41, 5.74) is 4.76.